The third-order valence-electron chi connectivity index (χ3n) is 6.34. The van der Waals surface area contributed by atoms with Gasteiger partial charge in [-0.25, -0.2) is 4.79 Å². The number of rotatable bonds is 10. The van der Waals surface area contributed by atoms with Crippen molar-refractivity contribution in [2.24, 2.45) is 0 Å². The summed E-state index contributed by atoms with van der Waals surface area (Å²) < 4.78 is 13.3. The Kier molecular flexibility index (Phi) is 8.08. The maximum Gasteiger partial charge on any atom is 0.331 e. The van der Waals surface area contributed by atoms with Crippen molar-refractivity contribution < 1.29 is 14.3 Å². The van der Waals surface area contributed by atoms with E-state index in [9.17, 15) is 14.4 Å². The summed E-state index contributed by atoms with van der Waals surface area (Å²) in [5.41, 5.74) is 2.83. The molecule has 1 heterocycles. The molecule has 1 aromatic heterocycles. The van der Waals surface area contributed by atoms with Crippen LogP contribution in [0.2, 0.25) is 0 Å². The molecule has 0 aliphatic carbocycles. The smallest absolute Gasteiger partial charge is 0.331 e. The number of fused-ring (bicyclic) bond motifs is 1. The predicted octanol–water partition coefficient (Wildman–Crippen LogP) is 3.29. The number of benzene rings is 3. The minimum absolute atomic E-state index is 0.00140. The monoisotopic (exact) mass is 501 g/mol. The Morgan fingerprint density at radius 3 is 2.30 bits per heavy atom. The van der Waals surface area contributed by atoms with Gasteiger partial charge in [0.05, 0.1) is 31.7 Å². The Hall–Kier alpha value is -4.33. The first-order valence-corrected chi connectivity index (χ1v) is 12.2. The number of para-hydroxylation sites is 1. The van der Waals surface area contributed by atoms with Gasteiger partial charge < -0.3 is 14.8 Å². The standard InChI is InChI=1S/C29H31N3O5/c1-20-8-10-22(11-9-20)19-32-24-7-5-4-6-23(24)28(34)31(29(32)35)17-15-27(33)30-16-14-21-12-13-25(36-2)26(18-21)37-3/h4-13,18H,14-17,19H2,1-3H3,(H,30,33). The van der Waals surface area contributed by atoms with Crippen molar-refractivity contribution in [3.8, 4) is 11.5 Å². The molecule has 1 amide bonds. The van der Waals surface area contributed by atoms with Crippen molar-refractivity contribution in [1.29, 1.82) is 0 Å². The van der Waals surface area contributed by atoms with Crippen molar-refractivity contribution in [3.63, 3.8) is 0 Å². The number of amides is 1. The normalized spacial score (nSPS) is 10.9. The molecule has 0 bridgehead atoms. The fourth-order valence-corrected chi connectivity index (χ4v) is 4.28. The molecule has 0 spiro atoms. The van der Waals surface area contributed by atoms with Gasteiger partial charge in [0.1, 0.15) is 0 Å². The van der Waals surface area contributed by atoms with Crippen LogP contribution in [0.25, 0.3) is 10.9 Å². The first-order valence-electron chi connectivity index (χ1n) is 12.2. The highest BCUT2D eigenvalue weighted by Gasteiger charge is 2.14. The molecule has 3 aromatic carbocycles. The SMILES string of the molecule is COc1ccc(CCNC(=O)CCn2c(=O)c3ccccc3n(Cc3ccc(C)cc3)c2=O)cc1OC. The van der Waals surface area contributed by atoms with E-state index in [2.05, 4.69) is 5.32 Å². The van der Waals surface area contributed by atoms with Gasteiger partial charge >= 0.3 is 5.69 Å². The molecule has 8 nitrogen and oxygen atoms in total. The minimum Gasteiger partial charge on any atom is -0.493 e. The Morgan fingerprint density at radius 2 is 1.57 bits per heavy atom. The molecule has 4 rings (SSSR count). The van der Waals surface area contributed by atoms with Crippen LogP contribution in [0, 0.1) is 6.92 Å². The highest BCUT2D eigenvalue weighted by molar-refractivity contribution is 5.78. The molecular weight excluding hydrogens is 470 g/mol. The van der Waals surface area contributed by atoms with Crippen LogP contribution in [0.15, 0.2) is 76.3 Å². The van der Waals surface area contributed by atoms with Crippen molar-refractivity contribution in [2.75, 3.05) is 20.8 Å². The van der Waals surface area contributed by atoms with E-state index in [1.807, 2.05) is 55.5 Å². The first-order chi connectivity index (χ1) is 17.9. The second kappa shape index (κ2) is 11.6. The van der Waals surface area contributed by atoms with Gasteiger partial charge in [0.15, 0.2) is 11.5 Å². The average molecular weight is 502 g/mol. The molecule has 0 saturated heterocycles. The molecule has 0 atom stereocenters. The van der Waals surface area contributed by atoms with Gasteiger partial charge in [0.25, 0.3) is 5.56 Å². The number of nitrogens with one attached hydrogen (secondary N) is 1. The zero-order valence-corrected chi connectivity index (χ0v) is 21.3. The minimum atomic E-state index is -0.428. The van der Waals surface area contributed by atoms with E-state index in [0.29, 0.717) is 41.9 Å². The lowest BCUT2D eigenvalue weighted by molar-refractivity contribution is -0.121. The topological polar surface area (TPSA) is 91.6 Å². The van der Waals surface area contributed by atoms with Crippen LogP contribution in [-0.4, -0.2) is 35.8 Å². The third-order valence-corrected chi connectivity index (χ3v) is 6.34. The number of aromatic nitrogens is 2. The van der Waals surface area contributed by atoms with Gasteiger partial charge in [-0.3, -0.25) is 18.7 Å². The van der Waals surface area contributed by atoms with E-state index >= 15 is 0 Å². The molecule has 1 N–H and O–H groups in total. The van der Waals surface area contributed by atoms with Gasteiger partial charge in [0.2, 0.25) is 5.91 Å². The summed E-state index contributed by atoms with van der Waals surface area (Å²) in [5, 5.41) is 3.32. The summed E-state index contributed by atoms with van der Waals surface area (Å²) in [7, 11) is 3.16. The number of aryl methyl sites for hydroxylation is 1. The summed E-state index contributed by atoms with van der Waals surface area (Å²) in [5.74, 6) is 1.04. The van der Waals surface area contributed by atoms with Crippen LogP contribution in [0.5, 0.6) is 11.5 Å². The van der Waals surface area contributed by atoms with E-state index in [0.717, 1.165) is 21.3 Å². The Bertz CT molecular complexity index is 1520. The molecule has 0 aliphatic heterocycles. The molecule has 0 unspecified atom stereocenters. The zero-order valence-electron chi connectivity index (χ0n) is 21.3. The highest BCUT2D eigenvalue weighted by atomic mass is 16.5. The number of hydrogen-bond donors (Lipinski definition) is 1. The highest BCUT2D eigenvalue weighted by Crippen LogP contribution is 2.27. The van der Waals surface area contributed by atoms with Crippen LogP contribution in [0.3, 0.4) is 0 Å². The van der Waals surface area contributed by atoms with Crippen LogP contribution in [0.1, 0.15) is 23.1 Å². The molecule has 0 aliphatic rings. The maximum absolute atomic E-state index is 13.4. The molecule has 0 radical (unpaired) electrons. The second-order valence-corrected chi connectivity index (χ2v) is 8.87. The molecule has 8 heteroatoms. The van der Waals surface area contributed by atoms with E-state index in [4.69, 9.17) is 9.47 Å². The number of methoxy groups -OCH3 is 2. The van der Waals surface area contributed by atoms with E-state index in [-0.39, 0.29) is 24.4 Å². The molecule has 37 heavy (non-hydrogen) atoms. The molecular formula is C29H31N3O5. The van der Waals surface area contributed by atoms with Gasteiger partial charge in [-0.2, -0.15) is 0 Å². The van der Waals surface area contributed by atoms with Gasteiger partial charge in [0, 0.05) is 19.5 Å². The summed E-state index contributed by atoms with van der Waals surface area (Å²) in [6.45, 7) is 2.75. The van der Waals surface area contributed by atoms with Gasteiger partial charge in [-0.05, 0) is 48.7 Å². The van der Waals surface area contributed by atoms with Crippen molar-refractivity contribution >= 4 is 16.8 Å². The van der Waals surface area contributed by atoms with E-state index < -0.39 is 5.69 Å². The summed E-state index contributed by atoms with van der Waals surface area (Å²) in [4.78, 5) is 39.0. The fourth-order valence-electron chi connectivity index (χ4n) is 4.28. The van der Waals surface area contributed by atoms with Crippen molar-refractivity contribution in [3.05, 3.63) is 104 Å². The molecule has 0 saturated carbocycles. The lowest BCUT2D eigenvalue weighted by Crippen LogP contribution is -2.41. The summed E-state index contributed by atoms with van der Waals surface area (Å²) in [6, 6.07) is 20.6. The Balaban J connectivity index is 1.47. The first kappa shape index (κ1) is 25.8. The maximum atomic E-state index is 13.4. The van der Waals surface area contributed by atoms with Crippen LogP contribution < -0.4 is 26.0 Å². The fraction of sp³-hybridized carbons (Fsp3) is 0.276. The van der Waals surface area contributed by atoms with Crippen LogP contribution in [0.4, 0.5) is 0 Å². The van der Waals surface area contributed by atoms with Gasteiger partial charge in [-0.1, -0.05) is 48.0 Å². The van der Waals surface area contributed by atoms with Crippen molar-refractivity contribution in [1.82, 2.24) is 14.5 Å². The lowest BCUT2D eigenvalue weighted by Gasteiger charge is -2.14. The number of carbonyl (C=O) groups excluding carboxylic acids is 1. The summed E-state index contributed by atoms with van der Waals surface area (Å²) >= 11 is 0. The molecule has 0 fully saturated rings. The van der Waals surface area contributed by atoms with E-state index in [1.54, 1.807) is 37.0 Å². The van der Waals surface area contributed by atoms with Gasteiger partial charge in [-0.15, -0.1) is 0 Å². The lowest BCUT2D eigenvalue weighted by atomic mass is 10.1. The Labute approximate surface area is 215 Å². The number of nitrogens with zero attached hydrogens (tertiary/aromatic N) is 2. The van der Waals surface area contributed by atoms with Crippen molar-refractivity contribution in [2.45, 2.75) is 32.9 Å². The number of carbonyl (C=O) groups is 1. The van der Waals surface area contributed by atoms with Crippen LogP contribution >= 0.6 is 0 Å². The third kappa shape index (κ3) is 5.91. The van der Waals surface area contributed by atoms with E-state index in [1.165, 1.54) is 0 Å². The zero-order chi connectivity index (χ0) is 26.4. The number of ether oxygens (including phenoxy) is 2. The number of hydrogen-bond acceptors (Lipinski definition) is 5. The molecule has 192 valence electrons. The largest absolute Gasteiger partial charge is 0.493 e. The average Bonchev–Trinajstić information content (AvgIpc) is 2.92. The molecule has 4 aromatic rings. The summed E-state index contributed by atoms with van der Waals surface area (Å²) in [6.07, 6.45) is 0.620. The quantitative estimate of drug-likeness (QED) is 0.360. The second-order valence-electron chi connectivity index (χ2n) is 8.87. The van der Waals surface area contributed by atoms with Crippen LogP contribution in [-0.2, 0) is 24.3 Å². The Morgan fingerprint density at radius 1 is 0.865 bits per heavy atom. The predicted molar refractivity (Wildman–Crippen MR) is 144 cm³/mol.